The minimum absolute atomic E-state index is 0.554. The average Bonchev–Trinajstić information content (AvgIpc) is 3.01. The van der Waals surface area contributed by atoms with Gasteiger partial charge in [0.2, 0.25) is 0 Å². The molecule has 2 aliphatic carbocycles. The van der Waals surface area contributed by atoms with Crippen LogP contribution in [0.3, 0.4) is 0 Å². The summed E-state index contributed by atoms with van der Waals surface area (Å²) in [5, 5.41) is 4.17. The zero-order chi connectivity index (χ0) is 11.4. The Kier molecular flexibility index (Phi) is 3.80. The first-order valence-corrected chi connectivity index (χ1v) is 6.39. The Morgan fingerprint density at radius 2 is 2.00 bits per heavy atom. The van der Waals surface area contributed by atoms with Crippen LogP contribution in [0.4, 0.5) is 4.79 Å². The average molecular weight is 223 g/mol. The Bertz CT molecular complexity index is 288. The standard InChI is InChI=1S/C12H21N3O/c13-12(16)15-14-11-7-5-3-1-2-4-6-9-8-10(9)11/h9-10H,1-8H2,(H3,13,15,16)/t9-,10-/m0/s1. The van der Waals surface area contributed by atoms with Crippen molar-refractivity contribution in [2.75, 3.05) is 0 Å². The lowest BCUT2D eigenvalue weighted by Crippen LogP contribution is -2.26. The number of hydrogen-bond donors (Lipinski definition) is 2. The van der Waals surface area contributed by atoms with Crippen LogP contribution in [0.2, 0.25) is 0 Å². The number of urea groups is 1. The van der Waals surface area contributed by atoms with Crippen molar-refractivity contribution in [2.24, 2.45) is 22.7 Å². The lowest BCUT2D eigenvalue weighted by Gasteiger charge is -2.09. The smallest absolute Gasteiger partial charge is 0.332 e. The Morgan fingerprint density at radius 3 is 2.81 bits per heavy atom. The van der Waals surface area contributed by atoms with Crippen LogP contribution in [0.1, 0.15) is 51.4 Å². The molecule has 2 aliphatic rings. The molecule has 0 unspecified atom stereocenters. The second kappa shape index (κ2) is 5.32. The van der Waals surface area contributed by atoms with Gasteiger partial charge in [-0.3, -0.25) is 0 Å². The van der Waals surface area contributed by atoms with Crippen molar-refractivity contribution in [3.8, 4) is 0 Å². The number of carbonyl (C=O) groups is 1. The van der Waals surface area contributed by atoms with E-state index in [2.05, 4.69) is 10.5 Å². The first-order valence-electron chi connectivity index (χ1n) is 6.39. The molecule has 0 aromatic carbocycles. The highest BCUT2D eigenvalue weighted by Gasteiger charge is 2.40. The van der Waals surface area contributed by atoms with Crippen molar-refractivity contribution in [1.82, 2.24) is 5.43 Å². The third-order valence-electron chi connectivity index (χ3n) is 3.67. The Morgan fingerprint density at radius 1 is 1.25 bits per heavy atom. The summed E-state index contributed by atoms with van der Waals surface area (Å²) in [5.41, 5.74) is 8.59. The van der Waals surface area contributed by atoms with Crippen LogP contribution in [-0.2, 0) is 0 Å². The minimum atomic E-state index is -0.554. The lowest BCUT2D eigenvalue weighted by molar-refractivity contribution is 0.249. The van der Waals surface area contributed by atoms with Gasteiger partial charge in [0.25, 0.3) is 0 Å². The fourth-order valence-corrected chi connectivity index (χ4v) is 2.67. The van der Waals surface area contributed by atoms with Crippen LogP contribution in [0.15, 0.2) is 5.10 Å². The van der Waals surface area contributed by atoms with E-state index >= 15 is 0 Å². The van der Waals surface area contributed by atoms with Crippen LogP contribution in [0.25, 0.3) is 0 Å². The van der Waals surface area contributed by atoms with Gasteiger partial charge >= 0.3 is 6.03 Å². The summed E-state index contributed by atoms with van der Waals surface area (Å²) in [7, 11) is 0. The van der Waals surface area contributed by atoms with Crippen LogP contribution in [0, 0.1) is 11.8 Å². The molecule has 2 rings (SSSR count). The third-order valence-corrected chi connectivity index (χ3v) is 3.67. The van der Waals surface area contributed by atoms with E-state index in [0.717, 1.165) is 12.3 Å². The van der Waals surface area contributed by atoms with Gasteiger partial charge in [0.1, 0.15) is 0 Å². The fraction of sp³-hybridized carbons (Fsp3) is 0.833. The summed E-state index contributed by atoms with van der Waals surface area (Å²) in [4.78, 5) is 10.6. The maximum atomic E-state index is 10.6. The monoisotopic (exact) mass is 223 g/mol. The molecule has 0 aromatic heterocycles. The van der Waals surface area contributed by atoms with Crippen molar-refractivity contribution in [2.45, 2.75) is 51.4 Å². The number of hydrogen-bond acceptors (Lipinski definition) is 2. The molecule has 4 heteroatoms. The SMILES string of the molecule is NC(=O)NN=C1CCCCCCC[C@H]2C[C@H]12. The molecular weight excluding hydrogens is 202 g/mol. The lowest BCUT2D eigenvalue weighted by atomic mass is 10.00. The topological polar surface area (TPSA) is 67.5 Å². The maximum absolute atomic E-state index is 10.6. The Labute approximate surface area is 96.7 Å². The molecule has 2 saturated carbocycles. The Hall–Kier alpha value is -1.06. The van der Waals surface area contributed by atoms with Gasteiger partial charge in [-0.1, -0.05) is 25.7 Å². The van der Waals surface area contributed by atoms with E-state index in [1.807, 2.05) is 0 Å². The highest BCUT2D eigenvalue weighted by atomic mass is 16.2. The number of rotatable bonds is 1. The third kappa shape index (κ3) is 3.22. The molecule has 0 heterocycles. The molecule has 2 fully saturated rings. The highest BCUT2D eigenvalue weighted by molar-refractivity contribution is 5.90. The quantitative estimate of drug-likeness (QED) is 0.658. The summed E-state index contributed by atoms with van der Waals surface area (Å²) < 4.78 is 0. The molecule has 0 spiro atoms. The van der Waals surface area contributed by atoms with Crippen LogP contribution >= 0.6 is 0 Å². The number of amides is 2. The Balaban J connectivity index is 1.92. The van der Waals surface area contributed by atoms with Crippen molar-refractivity contribution in [3.63, 3.8) is 0 Å². The molecule has 16 heavy (non-hydrogen) atoms. The van der Waals surface area contributed by atoms with E-state index < -0.39 is 6.03 Å². The minimum Gasteiger partial charge on any atom is -0.350 e. The molecule has 3 N–H and O–H groups in total. The van der Waals surface area contributed by atoms with Crippen LogP contribution in [-0.4, -0.2) is 11.7 Å². The molecule has 0 saturated heterocycles. The highest BCUT2D eigenvalue weighted by Crippen LogP contribution is 2.45. The molecule has 2 amide bonds. The number of nitrogens with one attached hydrogen (secondary N) is 1. The zero-order valence-electron chi connectivity index (χ0n) is 9.74. The predicted molar refractivity (Wildman–Crippen MR) is 64.1 cm³/mol. The molecular formula is C12H21N3O. The number of carbonyl (C=O) groups excluding carboxylic acids is 1. The molecule has 4 nitrogen and oxygen atoms in total. The van der Waals surface area contributed by atoms with Crippen LogP contribution in [0.5, 0.6) is 0 Å². The summed E-state index contributed by atoms with van der Waals surface area (Å²) in [5.74, 6) is 1.46. The second-order valence-corrected chi connectivity index (χ2v) is 4.99. The van der Waals surface area contributed by atoms with E-state index in [1.165, 1.54) is 50.7 Å². The first-order chi connectivity index (χ1) is 7.77. The van der Waals surface area contributed by atoms with Gasteiger partial charge in [-0.05, 0) is 31.6 Å². The van der Waals surface area contributed by atoms with E-state index in [0.29, 0.717) is 5.92 Å². The van der Waals surface area contributed by atoms with Gasteiger partial charge in [0.05, 0.1) is 0 Å². The van der Waals surface area contributed by atoms with Gasteiger partial charge in [0.15, 0.2) is 0 Å². The molecule has 0 radical (unpaired) electrons. The van der Waals surface area contributed by atoms with Gasteiger partial charge in [0, 0.05) is 11.6 Å². The maximum Gasteiger partial charge on any atom is 0.332 e. The van der Waals surface area contributed by atoms with E-state index in [4.69, 9.17) is 5.73 Å². The van der Waals surface area contributed by atoms with Gasteiger partial charge in [-0.2, -0.15) is 5.10 Å². The predicted octanol–water partition coefficient (Wildman–Crippen LogP) is 2.39. The number of nitrogens with zero attached hydrogens (tertiary/aromatic N) is 1. The molecule has 0 aromatic rings. The molecule has 0 bridgehead atoms. The fourth-order valence-electron chi connectivity index (χ4n) is 2.67. The van der Waals surface area contributed by atoms with Crippen molar-refractivity contribution < 1.29 is 4.79 Å². The molecule has 90 valence electrons. The molecule has 2 atom stereocenters. The van der Waals surface area contributed by atoms with Gasteiger partial charge < -0.3 is 5.73 Å². The summed E-state index contributed by atoms with van der Waals surface area (Å²) in [6, 6.07) is -0.554. The first kappa shape index (κ1) is 11.4. The van der Waals surface area contributed by atoms with Gasteiger partial charge in [-0.25, -0.2) is 10.2 Å². The van der Waals surface area contributed by atoms with Gasteiger partial charge in [-0.15, -0.1) is 0 Å². The van der Waals surface area contributed by atoms with E-state index in [-0.39, 0.29) is 0 Å². The number of nitrogens with two attached hydrogens (primary N) is 1. The largest absolute Gasteiger partial charge is 0.350 e. The van der Waals surface area contributed by atoms with E-state index in [1.54, 1.807) is 0 Å². The van der Waals surface area contributed by atoms with Crippen molar-refractivity contribution in [3.05, 3.63) is 0 Å². The normalized spacial score (nSPS) is 32.9. The van der Waals surface area contributed by atoms with Crippen LogP contribution < -0.4 is 11.2 Å². The summed E-state index contributed by atoms with van der Waals surface area (Å²) in [6.45, 7) is 0. The zero-order valence-corrected chi connectivity index (χ0v) is 9.74. The van der Waals surface area contributed by atoms with Crippen molar-refractivity contribution >= 4 is 11.7 Å². The van der Waals surface area contributed by atoms with Crippen molar-refractivity contribution in [1.29, 1.82) is 0 Å². The summed E-state index contributed by atoms with van der Waals surface area (Å²) >= 11 is 0. The van der Waals surface area contributed by atoms with E-state index in [9.17, 15) is 4.79 Å². The second-order valence-electron chi connectivity index (χ2n) is 4.99. The summed E-state index contributed by atoms with van der Waals surface area (Å²) in [6.07, 6.45) is 10.2. The molecule has 0 aliphatic heterocycles. The number of fused-ring (bicyclic) bond motifs is 1. The number of primary amides is 1. The number of hydrazone groups is 1.